The Labute approximate surface area is 120 Å². The quantitative estimate of drug-likeness (QED) is 0.486. The van der Waals surface area contributed by atoms with Crippen LogP contribution in [0, 0.1) is 21.4 Å². The number of hydrogen-bond donors (Lipinski definition) is 0. The van der Waals surface area contributed by atoms with Crippen LogP contribution in [-0.4, -0.2) is 10.7 Å². The average Bonchev–Trinajstić information content (AvgIpc) is 2.48. The van der Waals surface area contributed by atoms with Crippen molar-refractivity contribution in [3.05, 3.63) is 63.7 Å². The van der Waals surface area contributed by atoms with Gasteiger partial charge in [-0.2, -0.15) is 5.26 Å². The fourth-order valence-electron chi connectivity index (χ4n) is 1.69. The minimum Gasteiger partial charge on any atom is -0.450 e. The molecule has 0 saturated heterocycles. The summed E-state index contributed by atoms with van der Waals surface area (Å²) in [6.45, 7) is 1.33. The van der Waals surface area contributed by atoms with Crippen molar-refractivity contribution in [2.75, 3.05) is 0 Å². The Balaban J connectivity index is 2.36. The van der Waals surface area contributed by atoms with E-state index in [-0.39, 0.29) is 22.8 Å². The second-order valence-electron chi connectivity index (χ2n) is 4.23. The van der Waals surface area contributed by atoms with E-state index in [1.165, 1.54) is 25.1 Å². The highest BCUT2D eigenvalue weighted by Gasteiger charge is 2.18. The fourth-order valence-corrected chi connectivity index (χ4v) is 1.69. The van der Waals surface area contributed by atoms with E-state index in [4.69, 9.17) is 10.00 Å². The lowest BCUT2D eigenvalue weighted by molar-refractivity contribution is -0.385. The minimum absolute atomic E-state index is 0.0368. The van der Waals surface area contributed by atoms with Gasteiger partial charge >= 0.3 is 5.69 Å². The van der Waals surface area contributed by atoms with E-state index in [0.29, 0.717) is 11.3 Å². The zero-order valence-electron chi connectivity index (χ0n) is 11.1. The number of Topliss-reactive ketones (excluding diaryl/α,β-unsaturated/α-hetero) is 1. The van der Waals surface area contributed by atoms with Crippen LogP contribution in [0.25, 0.3) is 0 Å². The number of hydrogen-bond acceptors (Lipinski definition) is 5. The Morgan fingerprint density at radius 2 is 1.90 bits per heavy atom. The van der Waals surface area contributed by atoms with Crippen molar-refractivity contribution in [3.63, 3.8) is 0 Å². The zero-order chi connectivity index (χ0) is 15.4. The SMILES string of the molecule is CC(=O)c1ccc(Oc2ccc(C#N)cc2)c([N+](=O)[O-])c1. The molecule has 6 heteroatoms. The highest BCUT2D eigenvalue weighted by molar-refractivity contribution is 5.95. The van der Waals surface area contributed by atoms with E-state index >= 15 is 0 Å². The molecule has 2 aromatic carbocycles. The number of carbonyl (C=O) groups is 1. The first-order valence-electron chi connectivity index (χ1n) is 5.98. The molecular formula is C15H10N2O4. The topological polar surface area (TPSA) is 93.2 Å². The second-order valence-corrected chi connectivity index (χ2v) is 4.23. The molecule has 0 aliphatic carbocycles. The highest BCUT2D eigenvalue weighted by atomic mass is 16.6. The molecule has 0 aliphatic rings. The molecule has 0 aromatic heterocycles. The molecule has 6 nitrogen and oxygen atoms in total. The monoisotopic (exact) mass is 282 g/mol. The van der Waals surface area contributed by atoms with Crippen molar-refractivity contribution in [2.24, 2.45) is 0 Å². The first-order chi connectivity index (χ1) is 10.0. The summed E-state index contributed by atoms with van der Waals surface area (Å²) >= 11 is 0. The minimum atomic E-state index is -0.606. The van der Waals surface area contributed by atoms with Crippen LogP contribution in [0.2, 0.25) is 0 Å². The van der Waals surface area contributed by atoms with E-state index in [9.17, 15) is 14.9 Å². The number of benzene rings is 2. The number of ketones is 1. The number of ether oxygens (including phenoxy) is 1. The number of rotatable bonds is 4. The summed E-state index contributed by atoms with van der Waals surface area (Å²) in [4.78, 5) is 21.7. The van der Waals surface area contributed by atoms with Gasteiger partial charge in [-0.05, 0) is 43.3 Å². The third-order valence-corrected chi connectivity index (χ3v) is 2.77. The fraction of sp³-hybridized carbons (Fsp3) is 0.0667. The maximum atomic E-state index is 11.3. The van der Waals surface area contributed by atoms with E-state index < -0.39 is 4.92 Å². The smallest absolute Gasteiger partial charge is 0.312 e. The molecule has 0 bridgehead atoms. The van der Waals surface area contributed by atoms with Crippen molar-refractivity contribution in [1.82, 2.24) is 0 Å². The van der Waals surface area contributed by atoms with Gasteiger partial charge in [-0.15, -0.1) is 0 Å². The van der Waals surface area contributed by atoms with Crippen molar-refractivity contribution >= 4 is 11.5 Å². The molecule has 21 heavy (non-hydrogen) atoms. The van der Waals surface area contributed by atoms with Crippen LogP contribution < -0.4 is 4.74 Å². The molecule has 0 unspecified atom stereocenters. The Bertz CT molecular complexity index is 745. The molecule has 104 valence electrons. The van der Waals surface area contributed by atoms with Crippen LogP contribution in [0.1, 0.15) is 22.8 Å². The van der Waals surface area contributed by atoms with Crippen LogP contribution in [-0.2, 0) is 0 Å². The van der Waals surface area contributed by atoms with Gasteiger partial charge < -0.3 is 4.74 Å². The molecule has 2 rings (SSSR count). The van der Waals surface area contributed by atoms with Crippen LogP contribution in [0.4, 0.5) is 5.69 Å². The van der Waals surface area contributed by atoms with Gasteiger partial charge in [0.1, 0.15) is 5.75 Å². The molecule has 0 saturated carbocycles. The standard InChI is InChI=1S/C15H10N2O4/c1-10(18)12-4-7-15(14(8-12)17(19)20)21-13-5-2-11(9-16)3-6-13/h2-8H,1H3. The summed E-state index contributed by atoms with van der Waals surface area (Å²) in [7, 11) is 0. The molecule has 0 amide bonds. The summed E-state index contributed by atoms with van der Waals surface area (Å²) in [6, 6.07) is 12.2. The first-order valence-corrected chi connectivity index (χ1v) is 5.98. The largest absolute Gasteiger partial charge is 0.450 e. The highest BCUT2D eigenvalue weighted by Crippen LogP contribution is 2.32. The molecular weight excluding hydrogens is 272 g/mol. The predicted molar refractivity (Wildman–Crippen MR) is 74.3 cm³/mol. The van der Waals surface area contributed by atoms with E-state index in [1.807, 2.05) is 6.07 Å². The van der Waals surface area contributed by atoms with E-state index in [2.05, 4.69) is 0 Å². The molecule has 0 heterocycles. The molecule has 0 aliphatic heterocycles. The number of nitro groups is 1. The third-order valence-electron chi connectivity index (χ3n) is 2.77. The van der Waals surface area contributed by atoms with E-state index in [1.54, 1.807) is 24.3 Å². The van der Waals surface area contributed by atoms with Gasteiger partial charge in [-0.1, -0.05) is 0 Å². The lowest BCUT2D eigenvalue weighted by atomic mass is 10.1. The van der Waals surface area contributed by atoms with Gasteiger partial charge in [0.2, 0.25) is 5.75 Å². The average molecular weight is 282 g/mol. The summed E-state index contributed by atoms with van der Waals surface area (Å²) < 4.78 is 5.44. The van der Waals surface area contributed by atoms with Gasteiger partial charge in [0.05, 0.1) is 16.6 Å². The second kappa shape index (κ2) is 5.84. The maximum Gasteiger partial charge on any atom is 0.312 e. The predicted octanol–water partition coefficient (Wildman–Crippen LogP) is 3.46. The molecule has 0 spiro atoms. The molecule has 0 radical (unpaired) electrons. The molecule has 2 aromatic rings. The van der Waals surface area contributed by atoms with Crippen molar-refractivity contribution in [1.29, 1.82) is 5.26 Å². The normalized spacial score (nSPS) is 9.71. The Kier molecular flexibility index (Phi) is 3.95. The van der Waals surface area contributed by atoms with Crippen LogP contribution >= 0.6 is 0 Å². The third kappa shape index (κ3) is 3.22. The van der Waals surface area contributed by atoms with Crippen molar-refractivity contribution in [2.45, 2.75) is 6.92 Å². The van der Waals surface area contributed by atoms with Crippen LogP contribution in [0.3, 0.4) is 0 Å². The zero-order valence-corrected chi connectivity index (χ0v) is 11.1. The lowest BCUT2D eigenvalue weighted by Crippen LogP contribution is -1.98. The summed E-state index contributed by atoms with van der Waals surface area (Å²) in [5, 5.41) is 19.8. The summed E-state index contributed by atoms with van der Waals surface area (Å²) in [6.07, 6.45) is 0. The van der Waals surface area contributed by atoms with Gasteiger partial charge in [0.15, 0.2) is 5.78 Å². The number of carbonyl (C=O) groups excluding carboxylic acids is 1. The lowest BCUT2D eigenvalue weighted by Gasteiger charge is -2.07. The van der Waals surface area contributed by atoms with Gasteiger partial charge in [-0.3, -0.25) is 14.9 Å². The van der Waals surface area contributed by atoms with E-state index in [0.717, 1.165) is 0 Å². The van der Waals surface area contributed by atoms with Crippen molar-refractivity contribution < 1.29 is 14.5 Å². The summed E-state index contributed by atoms with van der Waals surface area (Å²) in [5.41, 5.74) is 0.421. The summed E-state index contributed by atoms with van der Waals surface area (Å²) in [5.74, 6) is 0.144. The maximum absolute atomic E-state index is 11.3. The molecule has 0 atom stereocenters. The van der Waals surface area contributed by atoms with Crippen LogP contribution in [0.15, 0.2) is 42.5 Å². The first kappa shape index (κ1) is 14.2. The van der Waals surface area contributed by atoms with Crippen LogP contribution in [0.5, 0.6) is 11.5 Å². The number of nitriles is 1. The van der Waals surface area contributed by atoms with Gasteiger partial charge in [-0.25, -0.2) is 0 Å². The van der Waals surface area contributed by atoms with Gasteiger partial charge in [0, 0.05) is 11.6 Å². The Hall–Kier alpha value is -3.20. The molecule has 0 N–H and O–H groups in total. The molecule has 0 fully saturated rings. The number of nitro benzene ring substituents is 1. The Morgan fingerprint density at radius 1 is 1.24 bits per heavy atom. The van der Waals surface area contributed by atoms with Crippen molar-refractivity contribution in [3.8, 4) is 17.6 Å². The number of nitrogens with zero attached hydrogens (tertiary/aromatic N) is 2. The van der Waals surface area contributed by atoms with Gasteiger partial charge in [0.25, 0.3) is 0 Å². The Morgan fingerprint density at radius 3 is 2.43 bits per heavy atom.